The lowest BCUT2D eigenvalue weighted by Gasteiger charge is -2.32. The van der Waals surface area contributed by atoms with Gasteiger partial charge in [-0.2, -0.15) is 0 Å². The van der Waals surface area contributed by atoms with Crippen molar-refractivity contribution in [3.63, 3.8) is 0 Å². The molecule has 1 aliphatic heterocycles. The molecule has 3 aromatic rings. The molecule has 1 amide bonds. The Bertz CT molecular complexity index is 1260. The number of fused-ring (bicyclic) bond motifs is 3. The van der Waals surface area contributed by atoms with E-state index < -0.39 is 6.17 Å². The molecule has 1 aliphatic rings. The van der Waals surface area contributed by atoms with Gasteiger partial charge in [-0.15, -0.1) is 0 Å². The van der Waals surface area contributed by atoms with Crippen molar-refractivity contribution in [3.05, 3.63) is 57.3 Å². The quantitative estimate of drug-likeness (QED) is 0.451. The van der Waals surface area contributed by atoms with Gasteiger partial charge in [0, 0.05) is 11.5 Å². The lowest BCUT2D eigenvalue weighted by atomic mass is 10.0. The van der Waals surface area contributed by atoms with Crippen LogP contribution in [-0.4, -0.2) is 36.5 Å². The van der Waals surface area contributed by atoms with Crippen LogP contribution in [0, 0.1) is 0 Å². The number of thioether (sulfide) groups is 1. The van der Waals surface area contributed by atoms with Gasteiger partial charge in [0.1, 0.15) is 0 Å². The summed E-state index contributed by atoms with van der Waals surface area (Å²) >= 11 is 7.81. The molecule has 0 fully saturated rings. The zero-order valence-electron chi connectivity index (χ0n) is 18.0. The molecule has 1 aromatic heterocycles. The van der Waals surface area contributed by atoms with Gasteiger partial charge in [0.25, 0.3) is 6.17 Å². The molecule has 0 saturated carbocycles. The summed E-state index contributed by atoms with van der Waals surface area (Å²) in [5.74, 6) is 0.672. The number of methoxy groups -OCH3 is 2. The molecule has 32 heavy (non-hydrogen) atoms. The first-order valence-corrected chi connectivity index (χ1v) is 11.5. The summed E-state index contributed by atoms with van der Waals surface area (Å²) in [5.41, 5.74) is 1.93. The maximum Gasteiger partial charge on any atom is 0.325 e. The third-order valence-corrected chi connectivity index (χ3v) is 6.13. The van der Waals surface area contributed by atoms with Gasteiger partial charge in [0.15, 0.2) is 11.5 Å². The van der Waals surface area contributed by atoms with Crippen LogP contribution < -0.4 is 24.6 Å². The van der Waals surface area contributed by atoms with Crippen LogP contribution in [0.1, 0.15) is 25.1 Å². The predicted molar refractivity (Wildman–Crippen MR) is 123 cm³/mol. The minimum Gasteiger partial charge on any atom is -0.493 e. The fraction of sp³-hybridized carbons (Fsp3) is 0.273. The van der Waals surface area contributed by atoms with Crippen molar-refractivity contribution in [1.82, 2.24) is 10.1 Å². The molecule has 166 valence electrons. The van der Waals surface area contributed by atoms with Gasteiger partial charge in [0.05, 0.1) is 36.1 Å². The number of rotatable bonds is 5. The topological polar surface area (TPSA) is 88.4 Å². The molecule has 2 heterocycles. The van der Waals surface area contributed by atoms with E-state index in [1.807, 2.05) is 30.5 Å². The molecule has 0 saturated heterocycles. The summed E-state index contributed by atoms with van der Waals surface area (Å²) in [6.07, 6.45) is 1.33. The minimum absolute atomic E-state index is 0.126. The molecule has 8 nitrogen and oxygen atoms in total. The lowest BCUT2D eigenvalue weighted by Crippen LogP contribution is -2.60. The second-order valence-corrected chi connectivity index (χ2v) is 8.21. The van der Waals surface area contributed by atoms with E-state index in [1.165, 1.54) is 26.0 Å². The molecule has 2 aromatic carbocycles. The van der Waals surface area contributed by atoms with Crippen molar-refractivity contribution in [1.29, 1.82) is 0 Å². The molecule has 0 unspecified atom stereocenters. The van der Waals surface area contributed by atoms with E-state index in [4.69, 9.17) is 21.1 Å². The molecule has 10 heteroatoms. The Morgan fingerprint density at radius 1 is 1.28 bits per heavy atom. The van der Waals surface area contributed by atoms with Gasteiger partial charge < -0.3 is 9.47 Å². The van der Waals surface area contributed by atoms with Crippen LogP contribution in [0.15, 0.2) is 46.3 Å². The van der Waals surface area contributed by atoms with Gasteiger partial charge in [-0.1, -0.05) is 42.4 Å². The summed E-state index contributed by atoms with van der Waals surface area (Å²) in [6, 6.07) is 10.7. The standard InChI is InChI=1S/C22H21ClN4O4S/c1-5-17(28)26-15-9-7-6-8-13(15)18-20(29)24-22(32-4)25-27(18)21(26)12-10-14(23)19(31-3)16(11-12)30-2/h6-11,21H,5H2,1-4H3/p+1/t21-/m1/s1. The second-order valence-electron chi connectivity index (χ2n) is 7.00. The monoisotopic (exact) mass is 473 g/mol. The number of para-hydroxylation sites is 1. The highest BCUT2D eigenvalue weighted by atomic mass is 35.5. The van der Waals surface area contributed by atoms with Gasteiger partial charge in [-0.25, -0.2) is 4.90 Å². The normalized spacial score (nSPS) is 14.5. The van der Waals surface area contributed by atoms with E-state index in [9.17, 15) is 9.59 Å². The van der Waals surface area contributed by atoms with Crippen LogP contribution in [0.5, 0.6) is 11.5 Å². The highest BCUT2D eigenvalue weighted by Gasteiger charge is 2.45. The Hall–Kier alpha value is -3.04. The number of aromatic nitrogens is 3. The Morgan fingerprint density at radius 3 is 2.69 bits per heavy atom. The fourth-order valence-corrected chi connectivity index (χ4v) is 4.55. The fourth-order valence-electron chi connectivity index (χ4n) is 3.89. The van der Waals surface area contributed by atoms with E-state index >= 15 is 0 Å². The SMILES string of the molecule is CCC(=O)N1c2ccccc2-c2c(=O)[nH]c(SC)n[n+]2[C@@H]1c1cc(Cl)c(OC)c(OC)c1. The van der Waals surface area contributed by atoms with E-state index in [2.05, 4.69) is 10.1 Å². The largest absolute Gasteiger partial charge is 0.493 e. The number of benzene rings is 2. The predicted octanol–water partition coefficient (Wildman–Crippen LogP) is 3.42. The molecule has 0 radical (unpaired) electrons. The number of H-pyrrole nitrogens is 1. The maximum absolute atomic E-state index is 13.2. The molecular formula is C22H22ClN4O4S+. The number of nitrogens with one attached hydrogen (secondary N) is 1. The van der Waals surface area contributed by atoms with Crippen LogP contribution in [0.3, 0.4) is 0 Å². The number of anilines is 1. The summed E-state index contributed by atoms with van der Waals surface area (Å²) in [5, 5.41) is 5.41. The molecular weight excluding hydrogens is 452 g/mol. The number of carbonyl (C=O) groups is 1. The van der Waals surface area contributed by atoms with Crippen LogP contribution in [0.25, 0.3) is 11.3 Å². The number of hydrogen-bond donors (Lipinski definition) is 1. The van der Waals surface area contributed by atoms with Crippen molar-refractivity contribution >= 4 is 35.0 Å². The molecule has 0 bridgehead atoms. The summed E-state index contributed by atoms with van der Waals surface area (Å²) in [6.45, 7) is 1.79. The van der Waals surface area contributed by atoms with E-state index in [-0.39, 0.29) is 17.9 Å². The molecule has 4 rings (SSSR count). The van der Waals surface area contributed by atoms with E-state index in [1.54, 1.807) is 28.6 Å². The Labute approximate surface area is 194 Å². The average molecular weight is 474 g/mol. The van der Waals surface area contributed by atoms with Crippen molar-refractivity contribution < 1.29 is 19.0 Å². The smallest absolute Gasteiger partial charge is 0.325 e. The van der Waals surface area contributed by atoms with Crippen LogP contribution in [-0.2, 0) is 4.79 Å². The number of hydrogen-bond acceptors (Lipinski definition) is 6. The molecule has 1 N–H and O–H groups in total. The molecule has 1 atom stereocenters. The molecule has 0 aliphatic carbocycles. The Morgan fingerprint density at radius 2 is 2.03 bits per heavy atom. The van der Waals surface area contributed by atoms with Crippen molar-refractivity contribution in [2.45, 2.75) is 24.7 Å². The van der Waals surface area contributed by atoms with Gasteiger partial charge in [0.2, 0.25) is 11.1 Å². The summed E-state index contributed by atoms with van der Waals surface area (Å²) in [4.78, 5) is 30.8. The van der Waals surface area contributed by atoms with Crippen LogP contribution >= 0.6 is 23.4 Å². The first kappa shape index (κ1) is 22.2. The zero-order chi connectivity index (χ0) is 23.0. The van der Waals surface area contributed by atoms with Gasteiger partial charge in [-0.05, 0) is 35.2 Å². The van der Waals surface area contributed by atoms with Crippen LogP contribution in [0.4, 0.5) is 5.69 Å². The second kappa shape index (κ2) is 8.84. The Kier molecular flexibility index (Phi) is 6.12. The number of ether oxygens (including phenoxy) is 2. The summed E-state index contributed by atoms with van der Waals surface area (Å²) < 4.78 is 12.4. The lowest BCUT2D eigenvalue weighted by molar-refractivity contribution is -0.763. The third-order valence-electron chi connectivity index (χ3n) is 5.28. The van der Waals surface area contributed by atoms with Gasteiger partial charge >= 0.3 is 11.3 Å². The summed E-state index contributed by atoms with van der Waals surface area (Å²) in [7, 11) is 3.02. The number of halogens is 1. The number of carbonyl (C=O) groups excluding carboxylic acids is 1. The van der Waals surface area contributed by atoms with E-state index in [0.717, 1.165) is 0 Å². The van der Waals surface area contributed by atoms with Crippen LogP contribution in [0.2, 0.25) is 5.02 Å². The highest BCUT2D eigenvalue weighted by molar-refractivity contribution is 7.98. The minimum atomic E-state index is -0.752. The van der Waals surface area contributed by atoms with Crippen molar-refractivity contribution in [2.75, 3.05) is 25.4 Å². The first-order chi connectivity index (χ1) is 15.4. The molecule has 0 spiro atoms. The number of nitrogens with zero attached hydrogens (tertiary/aromatic N) is 3. The average Bonchev–Trinajstić information content (AvgIpc) is 2.81. The number of amides is 1. The third kappa shape index (κ3) is 3.51. The maximum atomic E-state index is 13.2. The highest BCUT2D eigenvalue weighted by Crippen LogP contribution is 2.42. The first-order valence-electron chi connectivity index (χ1n) is 9.88. The van der Waals surface area contributed by atoms with E-state index in [0.29, 0.717) is 44.2 Å². The number of aromatic amines is 1. The van der Waals surface area contributed by atoms with Crippen molar-refractivity contribution in [3.8, 4) is 22.8 Å². The zero-order valence-corrected chi connectivity index (χ0v) is 19.6. The van der Waals surface area contributed by atoms with Crippen molar-refractivity contribution in [2.24, 2.45) is 0 Å². The Balaban J connectivity index is 2.09. The van der Waals surface area contributed by atoms with Gasteiger partial charge in [-0.3, -0.25) is 14.6 Å².